The van der Waals surface area contributed by atoms with E-state index in [4.69, 9.17) is 4.74 Å². The van der Waals surface area contributed by atoms with Crippen molar-refractivity contribution in [3.05, 3.63) is 53.5 Å². The number of ether oxygens (including phenoxy) is 1. The molecule has 0 bridgehead atoms. The van der Waals surface area contributed by atoms with Crippen LogP contribution in [0, 0.1) is 12.7 Å². The zero-order valence-corrected chi connectivity index (χ0v) is 10.4. The molecule has 2 aromatic rings. The first-order chi connectivity index (χ1) is 8.70. The summed E-state index contributed by atoms with van der Waals surface area (Å²) in [6.07, 6.45) is 1.71. The van der Waals surface area contributed by atoms with Gasteiger partial charge in [0.15, 0.2) is 0 Å². The Hall–Kier alpha value is -2.10. The standard InChI is InChI=1S/C14H15FN2O/c1-10-4-3-5-12(14(10)15)16-8-11-6-7-13(18-2)17-9-11/h3-7,9,16H,8H2,1-2H3. The van der Waals surface area contributed by atoms with E-state index in [2.05, 4.69) is 10.3 Å². The van der Waals surface area contributed by atoms with E-state index in [1.807, 2.05) is 12.1 Å². The van der Waals surface area contributed by atoms with Gasteiger partial charge >= 0.3 is 0 Å². The number of benzene rings is 1. The summed E-state index contributed by atoms with van der Waals surface area (Å²) < 4.78 is 18.7. The van der Waals surface area contributed by atoms with Crippen LogP contribution in [0.5, 0.6) is 5.88 Å². The fourth-order valence-electron chi connectivity index (χ4n) is 1.62. The predicted molar refractivity (Wildman–Crippen MR) is 69.3 cm³/mol. The number of rotatable bonds is 4. The maximum absolute atomic E-state index is 13.7. The molecule has 0 amide bonds. The molecule has 0 radical (unpaired) electrons. The normalized spacial score (nSPS) is 10.2. The maximum atomic E-state index is 13.7. The number of halogens is 1. The molecule has 3 nitrogen and oxygen atoms in total. The lowest BCUT2D eigenvalue weighted by atomic mass is 10.2. The van der Waals surface area contributed by atoms with Crippen LogP contribution in [0.15, 0.2) is 36.5 Å². The number of pyridine rings is 1. The Morgan fingerprint density at radius 1 is 1.28 bits per heavy atom. The largest absolute Gasteiger partial charge is 0.481 e. The lowest BCUT2D eigenvalue weighted by Gasteiger charge is -2.09. The Bertz CT molecular complexity index is 526. The molecule has 4 heteroatoms. The van der Waals surface area contributed by atoms with Gasteiger partial charge in [-0.2, -0.15) is 0 Å². The van der Waals surface area contributed by atoms with Crippen LogP contribution in [0.2, 0.25) is 0 Å². The second kappa shape index (κ2) is 5.49. The van der Waals surface area contributed by atoms with Crippen molar-refractivity contribution in [2.75, 3.05) is 12.4 Å². The summed E-state index contributed by atoms with van der Waals surface area (Å²) in [4.78, 5) is 4.09. The third-order valence-electron chi connectivity index (χ3n) is 2.68. The highest BCUT2D eigenvalue weighted by Gasteiger charge is 2.04. The minimum Gasteiger partial charge on any atom is -0.481 e. The molecule has 0 spiro atoms. The molecule has 1 N–H and O–H groups in total. The van der Waals surface area contributed by atoms with Crippen LogP contribution in [-0.4, -0.2) is 12.1 Å². The van der Waals surface area contributed by atoms with Gasteiger partial charge in [0.2, 0.25) is 5.88 Å². The third kappa shape index (κ3) is 2.77. The molecule has 0 aliphatic carbocycles. The first-order valence-electron chi connectivity index (χ1n) is 5.68. The van der Waals surface area contributed by atoms with Gasteiger partial charge in [-0.1, -0.05) is 18.2 Å². The number of anilines is 1. The minimum atomic E-state index is -0.209. The van der Waals surface area contributed by atoms with Crippen molar-refractivity contribution in [3.63, 3.8) is 0 Å². The Labute approximate surface area is 106 Å². The van der Waals surface area contributed by atoms with Crippen molar-refractivity contribution in [3.8, 4) is 5.88 Å². The number of aryl methyl sites for hydroxylation is 1. The Kier molecular flexibility index (Phi) is 3.77. The molecular weight excluding hydrogens is 231 g/mol. The molecule has 0 unspecified atom stereocenters. The summed E-state index contributed by atoms with van der Waals surface area (Å²) in [6, 6.07) is 8.97. The van der Waals surface area contributed by atoms with Crippen molar-refractivity contribution in [2.24, 2.45) is 0 Å². The van der Waals surface area contributed by atoms with Gasteiger partial charge in [0.25, 0.3) is 0 Å². The average molecular weight is 246 g/mol. The second-order valence-electron chi connectivity index (χ2n) is 4.00. The van der Waals surface area contributed by atoms with E-state index in [-0.39, 0.29) is 5.82 Å². The van der Waals surface area contributed by atoms with Crippen LogP contribution in [0.25, 0.3) is 0 Å². The van der Waals surface area contributed by atoms with E-state index in [0.717, 1.165) is 5.56 Å². The van der Waals surface area contributed by atoms with E-state index in [1.54, 1.807) is 38.4 Å². The zero-order valence-electron chi connectivity index (χ0n) is 10.4. The zero-order chi connectivity index (χ0) is 13.0. The van der Waals surface area contributed by atoms with Crippen LogP contribution in [0.4, 0.5) is 10.1 Å². The molecule has 0 fully saturated rings. The summed E-state index contributed by atoms with van der Waals surface area (Å²) in [5, 5.41) is 3.05. The van der Waals surface area contributed by atoms with Crippen LogP contribution in [0.1, 0.15) is 11.1 Å². The van der Waals surface area contributed by atoms with Gasteiger partial charge in [0.1, 0.15) is 5.82 Å². The van der Waals surface area contributed by atoms with Gasteiger partial charge in [-0.15, -0.1) is 0 Å². The smallest absolute Gasteiger partial charge is 0.212 e. The van der Waals surface area contributed by atoms with E-state index >= 15 is 0 Å². The van der Waals surface area contributed by atoms with Gasteiger partial charge in [-0.3, -0.25) is 0 Å². The first-order valence-corrected chi connectivity index (χ1v) is 5.68. The van der Waals surface area contributed by atoms with Crippen molar-refractivity contribution in [1.82, 2.24) is 4.98 Å². The molecule has 0 saturated heterocycles. The number of hydrogen-bond donors (Lipinski definition) is 1. The molecular formula is C14H15FN2O. The number of nitrogens with zero attached hydrogens (tertiary/aromatic N) is 1. The maximum Gasteiger partial charge on any atom is 0.212 e. The molecule has 0 aliphatic heterocycles. The second-order valence-corrected chi connectivity index (χ2v) is 4.00. The van der Waals surface area contributed by atoms with E-state index in [9.17, 15) is 4.39 Å². The van der Waals surface area contributed by atoms with Crippen molar-refractivity contribution < 1.29 is 9.13 Å². The highest BCUT2D eigenvalue weighted by molar-refractivity contribution is 5.47. The minimum absolute atomic E-state index is 0.209. The van der Waals surface area contributed by atoms with E-state index < -0.39 is 0 Å². The Morgan fingerprint density at radius 2 is 2.11 bits per heavy atom. The quantitative estimate of drug-likeness (QED) is 0.899. The molecule has 0 aliphatic rings. The van der Waals surface area contributed by atoms with E-state index in [1.165, 1.54) is 0 Å². The molecule has 94 valence electrons. The van der Waals surface area contributed by atoms with Gasteiger partial charge in [0, 0.05) is 18.8 Å². The summed E-state index contributed by atoms with van der Waals surface area (Å²) in [5.41, 5.74) is 2.11. The van der Waals surface area contributed by atoms with Crippen molar-refractivity contribution in [2.45, 2.75) is 13.5 Å². The number of nitrogens with one attached hydrogen (secondary N) is 1. The van der Waals surface area contributed by atoms with Gasteiger partial charge < -0.3 is 10.1 Å². The fourth-order valence-corrected chi connectivity index (χ4v) is 1.62. The molecule has 1 heterocycles. The summed E-state index contributed by atoms with van der Waals surface area (Å²) in [7, 11) is 1.57. The lowest BCUT2D eigenvalue weighted by molar-refractivity contribution is 0.397. The highest BCUT2D eigenvalue weighted by atomic mass is 19.1. The van der Waals surface area contributed by atoms with Crippen molar-refractivity contribution in [1.29, 1.82) is 0 Å². The van der Waals surface area contributed by atoms with Crippen molar-refractivity contribution >= 4 is 5.69 Å². The van der Waals surface area contributed by atoms with Gasteiger partial charge in [-0.05, 0) is 24.1 Å². The predicted octanol–water partition coefficient (Wildman–Crippen LogP) is 3.15. The number of methoxy groups -OCH3 is 1. The van der Waals surface area contributed by atoms with Crippen LogP contribution in [0.3, 0.4) is 0 Å². The highest BCUT2D eigenvalue weighted by Crippen LogP contribution is 2.18. The van der Waals surface area contributed by atoms with Crippen LogP contribution < -0.4 is 10.1 Å². The molecule has 18 heavy (non-hydrogen) atoms. The molecule has 1 aromatic carbocycles. The average Bonchev–Trinajstić information content (AvgIpc) is 2.41. The van der Waals surface area contributed by atoms with Crippen LogP contribution >= 0.6 is 0 Å². The monoisotopic (exact) mass is 246 g/mol. The Balaban J connectivity index is 2.04. The summed E-state index contributed by atoms with van der Waals surface area (Å²) in [5.74, 6) is 0.361. The fraction of sp³-hybridized carbons (Fsp3) is 0.214. The number of hydrogen-bond acceptors (Lipinski definition) is 3. The number of aromatic nitrogens is 1. The molecule has 2 rings (SSSR count). The topological polar surface area (TPSA) is 34.1 Å². The molecule has 0 saturated carbocycles. The third-order valence-corrected chi connectivity index (χ3v) is 2.68. The van der Waals surface area contributed by atoms with E-state index in [0.29, 0.717) is 23.7 Å². The summed E-state index contributed by atoms with van der Waals surface area (Å²) >= 11 is 0. The SMILES string of the molecule is COc1ccc(CNc2cccc(C)c2F)cn1. The van der Waals surface area contributed by atoms with Gasteiger partial charge in [0.05, 0.1) is 12.8 Å². The molecule has 1 aromatic heterocycles. The van der Waals surface area contributed by atoms with Gasteiger partial charge in [-0.25, -0.2) is 9.37 Å². The summed E-state index contributed by atoms with van der Waals surface area (Å²) in [6.45, 7) is 2.27. The molecule has 0 atom stereocenters. The van der Waals surface area contributed by atoms with Crippen LogP contribution in [-0.2, 0) is 6.54 Å². The lowest BCUT2D eigenvalue weighted by Crippen LogP contribution is -2.02. The first kappa shape index (κ1) is 12.4. The Morgan fingerprint density at radius 3 is 2.78 bits per heavy atom.